The average molecular weight is 459 g/mol. The average Bonchev–Trinajstić information content (AvgIpc) is 3.26. The molecule has 3 aromatic rings. The SMILES string of the molecule is CC(C)(COc1cccc2c1C(N)=NS(O)(O)N2)NC(=O)c1ccnc(-n2nccn2)c1. The van der Waals surface area contributed by atoms with Gasteiger partial charge in [0.1, 0.15) is 12.4 Å². The minimum absolute atomic E-state index is 0.0484. The number of amidine groups is 1. The van der Waals surface area contributed by atoms with E-state index in [9.17, 15) is 13.9 Å². The van der Waals surface area contributed by atoms with E-state index in [0.717, 1.165) is 0 Å². The van der Waals surface area contributed by atoms with Crippen LogP contribution in [0.25, 0.3) is 5.82 Å². The lowest BCUT2D eigenvalue weighted by molar-refractivity contribution is 0.0880. The van der Waals surface area contributed by atoms with Crippen molar-refractivity contribution in [1.82, 2.24) is 25.3 Å². The molecule has 0 fully saturated rings. The lowest BCUT2D eigenvalue weighted by Crippen LogP contribution is -2.48. The molecular formula is C19H22N8O4S. The lowest BCUT2D eigenvalue weighted by atomic mass is 10.1. The van der Waals surface area contributed by atoms with Crippen molar-refractivity contribution >= 4 is 28.4 Å². The number of hydrogen-bond acceptors (Lipinski definition) is 10. The summed E-state index contributed by atoms with van der Waals surface area (Å²) in [6.07, 6.45) is 4.55. The number of nitrogens with zero attached hydrogens (tertiary/aromatic N) is 5. The number of anilines is 1. The van der Waals surface area contributed by atoms with Crippen LogP contribution in [0.4, 0.5) is 5.69 Å². The second-order valence-corrected chi connectivity index (χ2v) is 9.05. The predicted octanol–water partition coefficient (Wildman–Crippen LogP) is 1.96. The number of nitrogens with one attached hydrogen (secondary N) is 2. The van der Waals surface area contributed by atoms with Crippen molar-refractivity contribution in [2.45, 2.75) is 19.4 Å². The van der Waals surface area contributed by atoms with E-state index in [1.165, 1.54) is 23.4 Å². The van der Waals surface area contributed by atoms with Gasteiger partial charge in [-0.05, 0) is 49.1 Å². The van der Waals surface area contributed by atoms with E-state index in [4.69, 9.17) is 10.5 Å². The third-order valence-corrected chi connectivity index (χ3v) is 5.37. The van der Waals surface area contributed by atoms with Crippen LogP contribution in [-0.4, -0.2) is 53.0 Å². The van der Waals surface area contributed by atoms with Crippen molar-refractivity contribution in [3.8, 4) is 11.6 Å². The molecule has 1 aliphatic heterocycles. The van der Waals surface area contributed by atoms with Crippen molar-refractivity contribution in [3.05, 3.63) is 60.0 Å². The first-order valence-corrected chi connectivity index (χ1v) is 11.0. The zero-order valence-corrected chi connectivity index (χ0v) is 18.1. The minimum Gasteiger partial charge on any atom is -0.490 e. The van der Waals surface area contributed by atoms with Crippen molar-refractivity contribution < 1.29 is 18.6 Å². The highest BCUT2D eigenvalue weighted by Gasteiger charge is 2.27. The third kappa shape index (κ3) is 4.64. The summed E-state index contributed by atoms with van der Waals surface area (Å²) in [6.45, 7) is 3.73. The molecule has 2 aromatic heterocycles. The molecule has 0 aliphatic carbocycles. The fourth-order valence-corrected chi connectivity index (χ4v) is 3.91. The zero-order valence-electron chi connectivity index (χ0n) is 17.3. The van der Waals surface area contributed by atoms with Crippen LogP contribution in [0.15, 0.2) is 53.3 Å². The summed E-state index contributed by atoms with van der Waals surface area (Å²) in [5.41, 5.74) is 6.37. The smallest absolute Gasteiger partial charge is 0.252 e. The van der Waals surface area contributed by atoms with Gasteiger partial charge >= 0.3 is 0 Å². The second-order valence-electron chi connectivity index (χ2n) is 7.62. The monoisotopic (exact) mass is 458 g/mol. The molecule has 1 amide bonds. The van der Waals surface area contributed by atoms with E-state index in [2.05, 4.69) is 29.6 Å². The number of nitrogens with two attached hydrogens (primary N) is 1. The van der Waals surface area contributed by atoms with Gasteiger partial charge < -0.3 is 15.8 Å². The summed E-state index contributed by atoms with van der Waals surface area (Å²) in [7, 11) is -3.39. The fraction of sp³-hybridized carbons (Fsp3) is 0.211. The molecule has 13 heteroatoms. The first-order valence-electron chi connectivity index (χ1n) is 9.46. The van der Waals surface area contributed by atoms with Gasteiger partial charge in [-0.15, -0.1) is 9.19 Å². The van der Waals surface area contributed by atoms with Crippen LogP contribution >= 0.6 is 11.0 Å². The van der Waals surface area contributed by atoms with E-state index >= 15 is 0 Å². The number of amides is 1. The van der Waals surface area contributed by atoms with E-state index < -0.39 is 16.5 Å². The van der Waals surface area contributed by atoms with Gasteiger partial charge in [0.2, 0.25) is 0 Å². The number of ether oxygens (including phenoxy) is 1. The van der Waals surface area contributed by atoms with Crippen LogP contribution in [0.5, 0.6) is 5.75 Å². The number of aromatic nitrogens is 4. The predicted molar refractivity (Wildman–Crippen MR) is 120 cm³/mol. The molecule has 0 saturated carbocycles. The van der Waals surface area contributed by atoms with E-state index in [-0.39, 0.29) is 18.3 Å². The topological polar surface area (TPSA) is 173 Å². The quantitative estimate of drug-likeness (QED) is 0.370. The van der Waals surface area contributed by atoms with Crippen LogP contribution in [0, 0.1) is 0 Å². The molecule has 6 N–H and O–H groups in total. The highest BCUT2D eigenvalue weighted by atomic mass is 32.3. The second kappa shape index (κ2) is 8.11. The molecule has 0 bridgehead atoms. The molecule has 1 aliphatic rings. The summed E-state index contributed by atoms with van der Waals surface area (Å²) in [4.78, 5) is 18.3. The van der Waals surface area contributed by atoms with Crippen LogP contribution in [0.3, 0.4) is 0 Å². The molecule has 3 heterocycles. The lowest BCUT2D eigenvalue weighted by Gasteiger charge is -2.34. The Bertz CT molecular complexity index is 1180. The molecule has 168 valence electrons. The van der Waals surface area contributed by atoms with Crippen LogP contribution in [0.2, 0.25) is 0 Å². The normalized spacial score (nSPS) is 15.7. The Morgan fingerprint density at radius 3 is 2.75 bits per heavy atom. The van der Waals surface area contributed by atoms with Gasteiger partial charge in [-0.25, -0.2) is 4.98 Å². The van der Waals surface area contributed by atoms with Gasteiger partial charge in [0.15, 0.2) is 11.7 Å². The molecule has 1 aromatic carbocycles. The van der Waals surface area contributed by atoms with Crippen LogP contribution in [-0.2, 0) is 0 Å². The molecule has 0 unspecified atom stereocenters. The number of benzene rings is 1. The number of fused-ring (bicyclic) bond motifs is 1. The highest BCUT2D eigenvalue weighted by Crippen LogP contribution is 2.46. The number of rotatable bonds is 6. The number of carbonyl (C=O) groups is 1. The summed E-state index contributed by atoms with van der Waals surface area (Å²) >= 11 is 0. The Labute approximate surface area is 185 Å². The third-order valence-electron chi connectivity index (χ3n) is 4.43. The van der Waals surface area contributed by atoms with Crippen molar-refractivity contribution in [2.24, 2.45) is 10.1 Å². The van der Waals surface area contributed by atoms with Crippen molar-refractivity contribution in [2.75, 3.05) is 11.3 Å². The zero-order chi connectivity index (χ0) is 22.9. The standard InChI is InChI=1S/C19H22N8O4S/c1-19(2,24-18(28)12-6-7-21-15(10-12)27-22-8-9-23-27)11-31-14-5-3-4-13-16(14)17(20)26-32(29,30)25-13/h3-10,25,29-30H,11H2,1-2H3,(H2,20,26)(H,24,28). The van der Waals surface area contributed by atoms with Crippen molar-refractivity contribution in [1.29, 1.82) is 0 Å². The van der Waals surface area contributed by atoms with Crippen LogP contribution in [0.1, 0.15) is 29.8 Å². The van der Waals surface area contributed by atoms with E-state index in [1.54, 1.807) is 30.3 Å². The largest absolute Gasteiger partial charge is 0.490 e. The maximum Gasteiger partial charge on any atom is 0.252 e. The Kier molecular flexibility index (Phi) is 5.46. The Balaban J connectivity index is 1.46. The fourth-order valence-electron chi connectivity index (χ4n) is 3.03. The maximum atomic E-state index is 12.8. The Hall–Kier alpha value is -3.68. The molecule has 0 atom stereocenters. The molecule has 0 radical (unpaired) electrons. The minimum atomic E-state index is -3.39. The van der Waals surface area contributed by atoms with Gasteiger partial charge in [0.25, 0.3) is 5.91 Å². The number of hydrogen-bond donors (Lipinski definition) is 5. The molecule has 0 saturated heterocycles. The first kappa shape index (κ1) is 21.5. The van der Waals surface area contributed by atoms with Gasteiger partial charge in [0.05, 0.1) is 29.2 Å². The van der Waals surface area contributed by atoms with Gasteiger partial charge in [-0.1, -0.05) is 6.07 Å². The van der Waals surface area contributed by atoms with Gasteiger partial charge in [-0.3, -0.25) is 18.6 Å². The molecule has 4 rings (SSSR count). The summed E-state index contributed by atoms with van der Waals surface area (Å²) in [5, 5.41) is 10.9. The summed E-state index contributed by atoms with van der Waals surface area (Å²) in [6, 6.07) is 8.18. The van der Waals surface area contributed by atoms with Crippen molar-refractivity contribution in [3.63, 3.8) is 0 Å². The molecule has 12 nitrogen and oxygen atoms in total. The molecule has 0 spiro atoms. The first-order chi connectivity index (χ1) is 15.1. The Morgan fingerprint density at radius 1 is 1.25 bits per heavy atom. The summed E-state index contributed by atoms with van der Waals surface area (Å²) < 4.78 is 31.7. The Morgan fingerprint density at radius 2 is 2.00 bits per heavy atom. The van der Waals surface area contributed by atoms with Gasteiger partial charge in [-0.2, -0.15) is 10.2 Å². The number of pyridine rings is 1. The summed E-state index contributed by atoms with van der Waals surface area (Å²) in [5.74, 6) is 0.444. The van der Waals surface area contributed by atoms with Gasteiger partial charge in [0, 0.05) is 11.8 Å². The maximum absolute atomic E-state index is 12.8. The van der Waals surface area contributed by atoms with E-state index in [1.807, 2.05) is 13.8 Å². The highest BCUT2D eigenvalue weighted by molar-refractivity contribution is 8.24. The number of carbonyl (C=O) groups excluding carboxylic acids is 1. The molecular weight excluding hydrogens is 436 g/mol. The van der Waals surface area contributed by atoms with Crippen LogP contribution < -0.4 is 20.5 Å². The van der Waals surface area contributed by atoms with E-state index in [0.29, 0.717) is 28.4 Å². The molecule has 32 heavy (non-hydrogen) atoms.